The van der Waals surface area contributed by atoms with Crippen molar-refractivity contribution in [3.05, 3.63) is 62.6 Å². The number of amides is 3. The van der Waals surface area contributed by atoms with Gasteiger partial charge in [-0.05, 0) is 42.8 Å². The number of halogens is 3. The summed E-state index contributed by atoms with van der Waals surface area (Å²) < 4.78 is 4.80. The molecule has 3 amide bonds. The van der Waals surface area contributed by atoms with Crippen molar-refractivity contribution in [2.45, 2.75) is 6.92 Å². The molecule has 0 aliphatic rings. The summed E-state index contributed by atoms with van der Waals surface area (Å²) in [6, 6.07) is 9.33. The lowest BCUT2D eigenvalue weighted by Gasteiger charge is -2.10. The molecule has 0 bridgehead atoms. The summed E-state index contributed by atoms with van der Waals surface area (Å²) in [6.07, 6.45) is 0. The zero-order valence-electron chi connectivity index (χ0n) is 16.3. The molecule has 0 radical (unpaired) electrons. The first-order valence-electron chi connectivity index (χ1n) is 8.88. The van der Waals surface area contributed by atoms with Crippen molar-refractivity contribution in [1.29, 1.82) is 0 Å². The number of ether oxygens (including phenoxy) is 1. The van der Waals surface area contributed by atoms with Gasteiger partial charge >= 0.3 is 5.97 Å². The van der Waals surface area contributed by atoms with Crippen molar-refractivity contribution in [1.82, 2.24) is 10.6 Å². The number of nitrogens with one attached hydrogen (secondary N) is 3. The zero-order chi connectivity index (χ0) is 23.0. The second-order valence-electron chi connectivity index (χ2n) is 6.20. The van der Waals surface area contributed by atoms with E-state index in [9.17, 15) is 19.2 Å². The number of rotatable bonds is 8. The van der Waals surface area contributed by atoms with E-state index in [0.29, 0.717) is 21.3 Å². The topological polar surface area (TPSA) is 114 Å². The normalized spacial score (nSPS) is 10.2. The summed E-state index contributed by atoms with van der Waals surface area (Å²) in [7, 11) is 0. The van der Waals surface area contributed by atoms with Gasteiger partial charge in [-0.25, -0.2) is 0 Å². The molecule has 0 heterocycles. The summed E-state index contributed by atoms with van der Waals surface area (Å²) in [5.74, 6) is -2.59. The molecule has 0 aromatic heterocycles. The van der Waals surface area contributed by atoms with Crippen LogP contribution in [-0.2, 0) is 19.1 Å². The highest BCUT2D eigenvalue weighted by Gasteiger charge is 2.14. The Morgan fingerprint density at radius 1 is 0.903 bits per heavy atom. The molecule has 0 aliphatic heterocycles. The smallest absolute Gasteiger partial charge is 0.325 e. The van der Waals surface area contributed by atoms with Crippen molar-refractivity contribution in [2.24, 2.45) is 0 Å². The maximum Gasteiger partial charge on any atom is 0.325 e. The molecular weight excluding hydrogens is 469 g/mol. The molecule has 31 heavy (non-hydrogen) atoms. The summed E-state index contributed by atoms with van der Waals surface area (Å²) in [6.45, 7) is 0.338. The van der Waals surface area contributed by atoms with Crippen molar-refractivity contribution < 1.29 is 23.9 Å². The fraction of sp³-hybridized carbons (Fsp3) is 0.200. The molecule has 0 unspecified atom stereocenters. The number of hydrogen-bond acceptors (Lipinski definition) is 5. The molecule has 0 spiro atoms. The third kappa shape index (κ3) is 7.75. The molecule has 0 atom stereocenters. The SMILES string of the molecule is Cc1c(Cl)cccc1NC(=O)COC(=O)CNC(=O)CNC(=O)c1ccc(Cl)cc1Cl. The van der Waals surface area contributed by atoms with Crippen LogP contribution in [0.25, 0.3) is 0 Å². The van der Waals surface area contributed by atoms with Crippen LogP contribution in [0, 0.1) is 6.92 Å². The molecule has 164 valence electrons. The van der Waals surface area contributed by atoms with Gasteiger partial charge in [-0.3, -0.25) is 19.2 Å². The van der Waals surface area contributed by atoms with Crippen LogP contribution in [-0.4, -0.2) is 43.4 Å². The van der Waals surface area contributed by atoms with E-state index >= 15 is 0 Å². The van der Waals surface area contributed by atoms with Gasteiger partial charge < -0.3 is 20.7 Å². The highest BCUT2D eigenvalue weighted by Crippen LogP contribution is 2.23. The van der Waals surface area contributed by atoms with E-state index < -0.39 is 36.8 Å². The van der Waals surface area contributed by atoms with E-state index in [4.69, 9.17) is 39.5 Å². The van der Waals surface area contributed by atoms with Gasteiger partial charge in [0.2, 0.25) is 5.91 Å². The van der Waals surface area contributed by atoms with Crippen molar-refractivity contribution >= 4 is 64.2 Å². The maximum atomic E-state index is 12.0. The third-order valence-electron chi connectivity index (χ3n) is 3.92. The van der Waals surface area contributed by atoms with Crippen molar-refractivity contribution in [3.8, 4) is 0 Å². The Morgan fingerprint density at radius 2 is 1.65 bits per heavy atom. The van der Waals surface area contributed by atoms with Crippen LogP contribution in [0.1, 0.15) is 15.9 Å². The molecule has 2 rings (SSSR count). The van der Waals surface area contributed by atoms with Gasteiger partial charge in [0.15, 0.2) is 6.61 Å². The maximum absolute atomic E-state index is 12.0. The molecule has 2 aromatic rings. The minimum atomic E-state index is -0.821. The first-order valence-corrected chi connectivity index (χ1v) is 10.0. The van der Waals surface area contributed by atoms with Crippen LogP contribution < -0.4 is 16.0 Å². The molecular formula is C20H18Cl3N3O5. The molecule has 0 saturated carbocycles. The van der Waals surface area contributed by atoms with Crippen LogP contribution in [0.15, 0.2) is 36.4 Å². The Hall–Kier alpha value is -2.81. The Balaban J connectivity index is 1.69. The van der Waals surface area contributed by atoms with Crippen molar-refractivity contribution in [2.75, 3.05) is 25.0 Å². The Morgan fingerprint density at radius 3 is 2.35 bits per heavy atom. The van der Waals surface area contributed by atoms with Crippen LogP contribution in [0.2, 0.25) is 15.1 Å². The van der Waals surface area contributed by atoms with E-state index in [1.807, 2.05) is 0 Å². The first kappa shape index (κ1) is 24.5. The van der Waals surface area contributed by atoms with Gasteiger partial charge in [-0.2, -0.15) is 0 Å². The lowest BCUT2D eigenvalue weighted by molar-refractivity contribution is -0.147. The van der Waals surface area contributed by atoms with Gasteiger partial charge in [0.25, 0.3) is 11.8 Å². The molecule has 2 aromatic carbocycles. The summed E-state index contributed by atoms with van der Waals surface area (Å²) in [5.41, 5.74) is 1.33. The van der Waals surface area contributed by atoms with Gasteiger partial charge in [-0.1, -0.05) is 40.9 Å². The number of anilines is 1. The fourth-order valence-electron chi connectivity index (χ4n) is 2.29. The first-order chi connectivity index (χ1) is 14.7. The summed E-state index contributed by atoms with van der Waals surface area (Å²) >= 11 is 17.7. The number of benzene rings is 2. The molecule has 0 aliphatic carbocycles. The Kier molecular flexibility index (Phi) is 9.11. The standard InChI is InChI=1S/C20H18Cl3N3O5/c1-11-14(22)3-2-4-16(11)26-18(28)10-31-19(29)9-24-17(27)8-25-20(30)13-6-5-12(21)7-15(13)23/h2-7H,8-10H2,1H3,(H,24,27)(H,25,30)(H,26,28). The monoisotopic (exact) mass is 485 g/mol. The van der Waals surface area contributed by atoms with Crippen molar-refractivity contribution in [3.63, 3.8) is 0 Å². The van der Waals surface area contributed by atoms with Gasteiger partial charge in [0.05, 0.1) is 17.1 Å². The molecule has 3 N–H and O–H groups in total. The predicted octanol–water partition coefficient (Wildman–Crippen LogP) is 2.98. The van der Waals surface area contributed by atoms with E-state index in [1.54, 1.807) is 25.1 Å². The largest absolute Gasteiger partial charge is 0.454 e. The quantitative estimate of drug-likeness (QED) is 0.497. The minimum Gasteiger partial charge on any atom is -0.454 e. The lowest BCUT2D eigenvalue weighted by atomic mass is 10.2. The van der Waals surface area contributed by atoms with Crippen LogP contribution >= 0.6 is 34.8 Å². The molecule has 0 saturated heterocycles. The lowest BCUT2D eigenvalue weighted by Crippen LogP contribution is -2.39. The van der Waals surface area contributed by atoms with Crippen LogP contribution in [0.4, 0.5) is 5.69 Å². The summed E-state index contributed by atoms with van der Waals surface area (Å²) in [4.78, 5) is 47.4. The van der Waals surface area contributed by atoms with Crippen LogP contribution in [0.5, 0.6) is 0 Å². The minimum absolute atomic E-state index is 0.139. The predicted molar refractivity (Wildman–Crippen MR) is 118 cm³/mol. The highest BCUT2D eigenvalue weighted by atomic mass is 35.5. The van der Waals surface area contributed by atoms with Gasteiger partial charge in [0, 0.05) is 15.7 Å². The second kappa shape index (κ2) is 11.5. The Bertz CT molecular complexity index is 1010. The van der Waals surface area contributed by atoms with Gasteiger partial charge in [0.1, 0.15) is 6.54 Å². The molecule has 11 heteroatoms. The van der Waals surface area contributed by atoms with E-state index in [1.165, 1.54) is 18.2 Å². The second-order valence-corrected chi connectivity index (χ2v) is 7.46. The van der Waals surface area contributed by atoms with E-state index in [2.05, 4.69) is 16.0 Å². The number of hydrogen-bond donors (Lipinski definition) is 3. The number of carbonyl (C=O) groups is 4. The molecule has 0 fully saturated rings. The molecule has 8 nitrogen and oxygen atoms in total. The zero-order valence-corrected chi connectivity index (χ0v) is 18.5. The number of esters is 1. The highest BCUT2D eigenvalue weighted by molar-refractivity contribution is 6.36. The van der Waals surface area contributed by atoms with E-state index in [-0.39, 0.29) is 17.1 Å². The number of carbonyl (C=O) groups excluding carboxylic acids is 4. The fourth-order valence-corrected chi connectivity index (χ4v) is 2.96. The van der Waals surface area contributed by atoms with E-state index in [0.717, 1.165) is 0 Å². The van der Waals surface area contributed by atoms with Crippen LogP contribution in [0.3, 0.4) is 0 Å². The summed E-state index contributed by atoms with van der Waals surface area (Å²) in [5, 5.41) is 8.21. The van der Waals surface area contributed by atoms with Gasteiger partial charge in [-0.15, -0.1) is 0 Å². The third-order valence-corrected chi connectivity index (χ3v) is 4.88. The average molecular weight is 487 g/mol. The Labute approximate surface area is 193 Å². The average Bonchev–Trinajstić information content (AvgIpc) is 2.72.